The highest BCUT2D eigenvalue weighted by Gasteiger charge is 2.22. The molecule has 1 aliphatic rings. The van der Waals surface area contributed by atoms with E-state index in [2.05, 4.69) is 16.7 Å². The number of nitrogens with zero attached hydrogens (tertiary/aromatic N) is 1. The van der Waals surface area contributed by atoms with Crippen LogP contribution >= 0.6 is 0 Å². The third kappa shape index (κ3) is 3.96. The van der Waals surface area contributed by atoms with Crippen LogP contribution in [0.15, 0.2) is 17.0 Å². The number of hydrogen-bond acceptors (Lipinski definition) is 4. The van der Waals surface area contributed by atoms with Crippen molar-refractivity contribution in [2.75, 3.05) is 32.4 Å². The molecule has 5 nitrogen and oxygen atoms in total. The first-order valence-electron chi connectivity index (χ1n) is 7.34. The van der Waals surface area contributed by atoms with E-state index in [1.165, 1.54) is 0 Å². The number of nitrogens with one attached hydrogen (secondary N) is 1. The summed E-state index contributed by atoms with van der Waals surface area (Å²) < 4.78 is 27.7. The molecule has 6 heteroatoms. The van der Waals surface area contributed by atoms with Gasteiger partial charge in [-0.25, -0.2) is 13.1 Å². The summed E-state index contributed by atoms with van der Waals surface area (Å²) in [5.74, 6) is 0.415. The summed E-state index contributed by atoms with van der Waals surface area (Å²) in [6, 6.07) is 3.48. The minimum atomic E-state index is -3.49. The second kappa shape index (κ2) is 6.34. The highest BCUT2D eigenvalue weighted by atomic mass is 32.2. The van der Waals surface area contributed by atoms with Gasteiger partial charge in [0.25, 0.3) is 0 Å². The lowest BCUT2D eigenvalue weighted by Gasteiger charge is -2.29. The predicted octanol–water partition coefficient (Wildman–Crippen LogP) is 1.51. The van der Waals surface area contributed by atoms with Gasteiger partial charge < -0.3 is 10.6 Å². The normalized spacial score (nSPS) is 18.0. The van der Waals surface area contributed by atoms with Gasteiger partial charge in [0, 0.05) is 12.2 Å². The van der Waals surface area contributed by atoms with Gasteiger partial charge in [-0.2, -0.15) is 0 Å². The Morgan fingerprint density at radius 3 is 2.52 bits per heavy atom. The molecule has 0 amide bonds. The molecule has 0 atom stereocenters. The molecule has 0 aromatic heterocycles. The van der Waals surface area contributed by atoms with E-state index in [0.29, 0.717) is 28.6 Å². The van der Waals surface area contributed by atoms with Crippen molar-refractivity contribution in [2.24, 2.45) is 5.92 Å². The maximum Gasteiger partial charge on any atom is 0.240 e. The Labute approximate surface area is 127 Å². The molecule has 0 bridgehead atoms. The first kappa shape index (κ1) is 16.3. The fourth-order valence-electron chi connectivity index (χ4n) is 2.70. The molecule has 1 heterocycles. The van der Waals surface area contributed by atoms with E-state index in [4.69, 9.17) is 5.73 Å². The number of nitrogens with two attached hydrogens (primary N) is 1. The van der Waals surface area contributed by atoms with Crippen LogP contribution in [0.1, 0.15) is 24.0 Å². The Bertz CT molecular complexity index is 606. The molecule has 1 aromatic carbocycles. The highest BCUT2D eigenvalue weighted by Crippen LogP contribution is 2.23. The summed E-state index contributed by atoms with van der Waals surface area (Å²) in [7, 11) is -1.40. The van der Waals surface area contributed by atoms with Gasteiger partial charge in [-0.1, -0.05) is 0 Å². The van der Waals surface area contributed by atoms with Crippen molar-refractivity contribution in [3.8, 4) is 0 Å². The highest BCUT2D eigenvalue weighted by molar-refractivity contribution is 7.89. The van der Waals surface area contributed by atoms with E-state index < -0.39 is 10.0 Å². The molecule has 3 N–H and O–H groups in total. The van der Waals surface area contributed by atoms with Crippen LogP contribution in [0.5, 0.6) is 0 Å². The summed E-state index contributed by atoms with van der Waals surface area (Å²) in [5.41, 5.74) is 7.88. The standard InChI is InChI=1S/C15H25N3O2S/c1-11-8-14(16)12(2)15(9-11)21(19,20)17-10-13-4-6-18(3)7-5-13/h8-9,13,17H,4-7,10,16H2,1-3H3. The molecule has 1 aliphatic heterocycles. The average Bonchev–Trinajstić information content (AvgIpc) is 2.42. The fourth-order valence-corrected chi connectivity index (χ4v) is 4.18. The number of aryl methyl sites for hydroxylation is 1. The molecule has 0 unspecified atom stereocenters. The summed E-state index contributed by atoms with van der Waals surface area (Å²) in [6.45, 7) is 6.17. The Kier molecular flexibility index (Phi) is 4.91. The van der Waals surface area contributed by atoms with Crippen LogP contribution in [0.2, 0.25) is 0 Å². The molecule has 0 radical (unpaired) electrons. The van der Waals surface area contributed by atoms with Gasteiger partial charge in [0.15, 0.2) is 0 Å². The summed E-state index contributed by atoms with van der Waals surface area (Å²) >= 11 is 0. The lowest BCUT2D eigenvalue weighted by molar-refractivity contribution is 0.220. The minimum Gasteiger partial charge on any atom is -0.398 e. The van der Waals surface area contributed by atoms with Crippen LogP contribution in [0.25, 0.3) is 0 Å². The van der Waals surface area contributed by atoms with Crippen LogP contribution in [0.3, 0.4) is 0 Å². The van der Waals surface area contributed by atoms with Gasteiger partial charge in [-0.3, -0.25) is 0 Å². The van der Waals surface area contributed by atoms with Gasteiger partial charge in [0.1, 0.15) is 0 Å². The van der Waals surface area contributed by atoms with Crippen molar-refractivity contribution in [2.45, 2.75) is 31.6 Å². The van der Waals surface area contributed by atoms with Crippen molar-refractivity contribution < 1.29 is 8.42 Å². The SMILES string of the molecule is Cc1cc(N)c(C)c(S(=O)(=O)NCC2CCN(C)CC2)c1. The Hall–Kier alpha value is -1.11. The van der Waals surface area contributed by atoms with Crippen molar-refractivity contribution >= 4 is 15.7 Å². The molecule has 118 valence electrons. The van der Waals surface area contributed by atoms with Gasteiger partial charge in [0.05, 0.1) is 4.90 Å². The molecule has 0 saturated carbocycles. The first-order valence-corrected chi connectivity index (χ1v) is 8.83. The Morgan fingerprint density at radius 1 is 1.29 bits per heavy atom. The van der Waals surface area contributed by atoms with Crippen molar-refractivity contribution in [3.05, 3.63) is 23.3 Å². The average molecular weight is 311 g/mol. The van der Waals surface area contributed by atoms with E-state index in [9.17, 15) is 8.42 Å². The van der Waals surface area contributed by atoms with Gasteiger partial charge in [0.2, 0.25) is 10.0 Å². The zero-order valence-corrected chi connectivity index (χ0v) is 13.8. The van der Waals surface area contributed by atoms with Crippen LogP contribution in [0.4, 0.5) is 5.69 Å². The topological polar surface area (TPSA) is 75.4 Å². The molecule has 1 saturated heterocycles. The van der Waals surface area contributed by atoms with E-state index in [1.54, 1.807) is 19.1 Å². The molecule has 2 rings (SSSR count). The molecule has 21 heavy (non-hydrogen) atoms. The molecular formula is C15H25N3O2S. The van der Waals surface area contributed by atoms with E-state index in [1.807, 2.05) is 6.92 Å². The van der Waals surface area contributed by atoms with E-state index in [0.717, 1.165) is 31.5 Å². The Balaban J connectivity index is 2.09. The van der Waals surface area contributed by atoms with Crippen molar-refractivity contribution in [1.29, 1.82) is 0 Å². The summed E-state index contributed by atoms with van der Waals surface area (Å²) in [6.07, 6.45) is 2.07. The van der Waals surface area contributed by atoms with Crippen LogP contribution < -0.4 is 10.5 Å². The van der Waals surface area contributed by atoms with Crippen molar-refractivity contribution in [3.63, 3.8) is 0 Å². The van der Waals surface area contributed by atoms with Gasteiger partial charge in [-0.15, -0.1) is 0 Å². The second-order valence-electron chi connectivity index (χ2n) is 6.08. The molecule has 1 fully saturated rings. The van der Waals surface area contributed by atoms with E-state index >= 15 is 0 Å². The summed E-state index contributed by atoms with van der Waals surface area (Å²) in [5, 5.41) is 0. The second-order valence-corrected chi connectivity index (χ2v) is 7.81. The lowest BCUT2D eigenvalue weighted by Crippen LogP contribution is -2.37. The summed E-state index contributed by atoms with van der Waals surface area (Å²) in [4.78, 5) is 2.57. The first-order chi connectivity index (χ1) is 9.79. The largest absolute Gasteiger partial charge is 0.398 e. The van der Waals surface area contributed by atoms with Gasteiger partial charge >= 0.3 is 0 Å². The number of benzene rings is 1. The van der Waals surface area contributed by atoms with Crippen molar-refractivity contribution in [1.82, 2.24) is 9.62 Å². The smallest absolute Gasteiger partial charge is 0.240 e. The third-order valence-electron chi connectivity index (χ3n) is 4.23. The number of piperidine rings is 1. The van der Waals surface area contributed by atoms with Crippen LogP contribution in [0, 0.1) is 19.8 Å². The third-order valence-corrected chi connectivity index (χ3v) is 5.78. The number of anilines is 1. The van der Waals surface area contributed by atoms with E-state index in [-0.39, 0.29) is 0 Å². The minimum absolute atomic E-state index is 0.299. The quantitative estimate of drug-likeness (QED) is 0.827. The van der Waals surface area contributed by atoms with Gasteiger partial charge in [-0.05, 0) is 76.0 Å². The zero-order chi connectivity index (χ0) is 15.6. The Morgan fingerprint density at radius 2 is 1.90 bits per heavy atom. The monoisotopic (exact) mass is 311 g/mol. The molecule has 0 aliphatic carbocycles. The number of sulfonamides is 1. The lowest BCUT2D eigenvalue weighted by atomic mass is 9.98. The van der Waals surface area contributed by atoms with Crippen LogP contribution in [-0.4, -0.2) is 40.0 Å². The number of likely N-dealkylation sites (tertiary alicyclic amines) is 1. The number of hydrogen-bond donors (Lipinski definition) is 2. The molecule has 0 spiro atoms. The van der Waals surface area contributed by atoms with Crippen LogP contribution in [-0.2, 0) is 10.0 Å². The fraction of sp³-hybridized carbons (Fsp3) is 0.600. The number of rotatable bonds is 4. The maximum atomic E-state index is 12.5. The zero-order valence-electron chi connectivity index (χ0n) is 13.0. The molecular weight excluding hydrogens is 286 g/mol. The molecule has 1 aromatic rings. The predicted molar refractivity (Wildman–Crippen MR) is 85.7 cm³/mol. The maximum absolute atomic E-state index is 12.5. The number of nitrogen functional groups attached to an aromatic ring is 1.